The molecular weight excluding hydrogens is 396 g/mol. The summed E-state index contributed by atoms with van der Waals surface area (Å²) in [6.07, 6.45) is 0.0671. The molecule has 0 aromatic heterocycles. The molecule has 1 heterocycles. The highest BCUT2D eigenvalue weighted by Crippen LogP contribution is 2.40. The molecule has 2 aromatic carbocycles. The van der Waals surface area contributed by atoms with Crippen LogP contribution in [0.15, 0.2) is 53.4 Å². The van der Waals surface area contributed by atoms with Gasteiger partial charge in [-0.1, -0.05) is 26.0 Å². The highest BCUT2D eigenvalue weighted by molar-refractivity contribution is 8.04. The topological polar surface area (TPSA) is 49.9 Å². The van der Waals surface area contributed by atoms with Gasteiger partial charge in [-0.05, 0) is 55.8 Å². The molecule has 0 aliphatic carbocycles. The number of rotatable bonds is 7. The number of anilines is 2. The highest BCUT2D eigenvalue weighted by Gasteiger charge is 2.40. The SMILES string of the molecule is CC(C)Oc1ccc(C2=C(SC(C)C)C(=O)N(c3ccc(N(C)C)cc3)C2=O)cc1. The van der Waals surface area contributed by atoms with Crippen LogP contribution in [0.3, 0.4) is 0 Å². The second kappa shape index (κ2) is 8.96. The molecule has 0 unspecified atom stereocenters. The molecule has 0 atom stereocenters. The van der Waals surface area contributed by atoms with Crippen molar-refractivity contribution in [1.82, 2.24) is 0 Å². The van der Waals surface area contributed by atoms with Crippen LogP contribution < -0.4 is 14.5 Å². The highest BCUT2D eigenvalue weighted by atomic mass is 32.2. The lowest BCUT2D eigenvalue weighted by atomic mass is 10.1. The number of imide groups is 1. The van der Waals surface area contributed by atoms with Gasteiger partial charge in [0.05, 0.1) is 22.3 Å². The predicted octanol–water partition coefficient (Wildman–Crippen LogP) is 4.97. The van der Waals surface area contributed by atoms with Gasteiger partial charge in [-0.25, -0.2) is 4.90 Å². The monoisotopic (exact) mass is 424 g/mol. The molecule has 0 fully saturated rings. The molecule has 1 aliphatic rings. The average Bonchev–Trinajstić information content (AvgIpc) is 2.91. The number of benzene rings is 2. The number of hydrogen-bond donors (Lipinski definition) is 0. The van der Waals surface area contributed by atoms with Gasteiger partial charge in [0, 0.05) is 25.0 Å². The summed E-state index contributed by atoms with van der Waals surface area (Å²) in [4.78, 5) is 30.4. The third-order valence-corrected chi connectivity index (χ3v) is 5.62. The van der Waals surface area contributed by atoms with E-state index in [0.717, 1.165) is 17.0 Å². The summed E-state index contributed by atoms with van der Waals surface area (Å²) >= 11 is 1.43. The molecule has 3 rings (SSSR count). The Balaban J connectivity index is 1.99. The van der Waals surface area contributed by atoms with Crippen molar-refractivity contribution in [2.75, 3.05) is 23.9 Å². The van der Waals surface area contributed by atoms with Crippen LogP contribution in [0.2, 0.25) is 0 Å². The van der Waals surface area contributed by atoms with Gasteiger partial charge in [0.1, 0.15) is 5.75 Å². The Kier molecular flexibility index (Phi) is 6.56. The van der Waals surface area contributed by atoms with E-state index in [-0.39, 0.29) is 23.2 Å². The summed E-state index contributed by atoms with van der Waals surface area (Å²) in [7, 11) is 3.90. The lowest BCUT2D eigenvalue weighted by Gasteiger charge is -2.18. The first-order valence-electron chi connectivity index (χ1n) is 10.0. The molecule has 6 heteroatoms. The third-order valence-electron chi connectivity index (χ3n) is 4.53. The standard InChI is InChI=1S/C24H28N2O3S/c1-15(2)29-20-13-7-17(8-14-20)21-22(30-16(3)4)24(28)26(23(21)27)19-11-9-18(10-12-19)25(5)6/h7-16H,1-6H3. The van der Waals surface area contributed by atoms with E-state index in [9.17, 15) is 9.59 Å². The first-order valence-corrected chi connectivity index (χ1v) is 10.9. The first kappa shape index (κ1) is 22.0. The van der Waals surface area contributed by atoms with Crippen molar-refractivity contribution in [3.8, 4) is 5.75 Å². The van der Waals surface area contributed by atoms with Crippen LogP contribution >= 0.6 is 11.8 Å². The number of nitrogens with zero attached hydrogens (tertiary/aromatic N) is 2. The average molecular weight is 425 g/mol. The summed E-state index contributed by atoms with van der Waals surface area (Å²) < 4.78 is 5.70. The fraction of sp³-hybridized carbons (Fsp3) is 0.333. The van der Waals surface area contributed by atoms with Crippen LogP contribution in [0, 0.1) is 0 Å². The molecule has 0 radical (unpaired) electrons. The largest absolute Gasteiger partial charge is 0.491 e. The maximum Gasteiger partial charge on any atom is 0.272 e. The van der Waals surface area contributed by atoms with Crippen LogP contribution in [0.1, 0.15) is 33.3 Å². The molecule has 158 valence electrons. The maximum absolute atomic E-state index is 13.4. The van der Waals surface area contributed by atoms with Crippen molar-refractivity contribution in [2.24, 2.45) is 0 Å². The van der Waals surface area contributed by atoms with Gasteiger partial charge in [-0.15, -0.1) is 11.8 Å². The quantitative estimate of drug-likeness (QED) is 0.588. The Morgan fingerprint density at radius 1 is 0.867 bits per heavy atom. The molecule has 2 aromatic rings. The van der Waals surface area contributed by atoms with E-state index in [0.29, 0.717) is 16.2 Å². The van der Waals surface area contributed by atoms with E-state index < -0.39 is 0 Å². The van der Waals surface area contributed by atoms with Crippen LogP contribution in [0.5, 0.6) is 5.75 Å². The molecule has 0 bridgehead atoms. The number of thioether (sulfide) groups is 1. The molecule has 2 amide bonds. The van der Waals surface area contributed by atoms with E-state index in [2.05, 4.69) is 0 Å². The minimum Gasteiger partial charge on any atom is -0.491 e. The van der Waals surface area contributed by atoms with Crippen LogP contribution in [-0.2, 0) is 9.59 Å². The van der Waals surface area contributed by atoms with E-state index in [1.54, 1.807) is 0 Å². The van der Waals surface area contributed by atoms with Crippen LogP contribution in [0.25, 0.3) is 5.57 Å². The van der Waals surface area contributed by atoms with E-state index >= 15 is 0 Å². The number of carbonyl (C=O) groups is 2. The van der Waals surface area contributed by atoms with Crippen molar-refractivity contribution in [1.29, 1.82) is 0 Å². The summed E-state index contributed by atoms with van der Waals surface area (Å²) in [6, 6.07) is 14.8. The lowest BCUT2D eigenvalue weighted by molar-refractivity contribution is -0.119. The normalized spacial score (nSPS) is 14.3. The van der Waals surface area contributed by atoms with Gasteiger partial charge >= 0.3 is 0 Å². The van der Waals surface area contributed by atoms with E-state index in [4.69, 9.17) is 4.74 Å². The molecule has 0 saturated carbocycles. The van der Waals surface area contributed by atoms with E-state index in [1.807, 2.05) is 95.2 Å². The lowest BCUT2D eigenvalue weighted by Crippen LogP contribution is -2.31. The molecule has 30 heavy (non-hydrogen) atoms. The number of ether oxygens (including phenoxy) is 1. The maximum atomic E-state index is 13.4. The smallest absolute Gasteiger partial charge is 0.272 e. The van der Waals surface area contributed by atoms with Gasteiger partial charge in [0.15, 0.2) is 0 Å². The fourth-order valence-electron chi connectivity index (χ4n) is 3.22. The summed E-state index contributed by atoms with van der Waals surface area (Å²) in [5.74, 6) is 0.174. The zero-order chi connectivity index (χ0) is 22.0. The Hall–Kier alpha value is -2.73. The molecular formula is C24H28N2O3S. The van der Waals surface area contributed by atoms with Crippen molar-refractivity contribution in [3.05, 3.63) is 59.0 Å². The van der Waals surface area contributed by atoms with Crippen molar-refractivity contribution < 1.29 is 14.3 Å². The molecule has 0 saturated heterocycles. The molecule has 0 N–H and O–H groups in total. The van der Waals surface area contributed by atoms with E-state index in [1.165, 1.54) is 16.7 Å². The third kappa shape index (κ3) is 4.54. The van der Waals surface area contributed by atoms with Gasteiger partial charge in [-0.3, -0.25) is 9.59 Å². The summed E-state index contributed by atoms with van der Waals surface area (Å²) in [5.41, 5.74) is 2.75. The predicted molar refractivity (Wildman–Crippen MR) is 125 cm³/mol. The minimum absolute atomic E-state index is 0.0671. The Labute approximate surface area is 182 Å². The molecule has 0 spiro atoms. The van der Waals surface area contributed by atoms with Gasteiger partial charge in [0.2, 0.25) is 0 Å². The van der Waals surface area contributed by atoms with Gasteiger partial charge in [0.25, 0.3) is 11.8 Å². The van der Waals surface area contributed by atoms with Crippen molar-refractivity contribution >= 4 is 40.5 Å². The number of amides is 2. The Bertz CT molecular complexity index is 961. The zero-order valence-corrected chi connectivity index (χ0v) is 19.1. The van der Waals surface area contributed by atoms with Crippen LogP contribution in [-0.4, -0.2) is 37.3 Å². The Morgan fingerprint density at radius 3 is 1.97 bits per heavy atom. The van der Waals surface area contributed by atoms with Crippen LogP contribution in [0.4, 0.5) is 11.4 Å². The molecule has 1 aliphatic heterocycles. The fourth-order valence-corrected chi connectivity index (χ4v) is 4.20. The van der Waals surface area contributed by atoms with Crippen molar-refractivity contribution in [3.63, 3.8) is 0 Å². The van der Waals surface area contributed by atoms with Crippen molar-refractivity contribution in [2.45, 2.75) is 39.0 Å². The Morgan fingerprint density at radius 2 is 1.47 bits per heavy atom. The first-order chi connectivity index (χ1) is 14.2. The van der Waals surface area contributed by atoms with Gasteiger partial charge in [-0.2, -0.15) is 0 Å². The number of hydrogen-bond acceptors (Lipinski definition) is 5. The zero-order valence-electron chi connectivity index (χ0n) is 18.3. The second-order valence-corrected chi connectivity index (χ2v) is 9.51. The minimum atomic E-state index is -0.293. The van der Waals surface area contributed by atoms with Gasteiger partial charge < -0.3 is 9.64 Å². The summed E-state index contributed by atoms with van der Waals surface area (Å²) in [6.45, 7) is 7.96. The molecule has 5 nitrogen and oxygen atoms in total. The number of carbonyl (C=O) groups excluding carboxylic acids is 2. The second-order valence-electron chi connectivity index (χ2n) is 7.92. The summed E-state index contributed by atoms with van der Waals surface area (Å²) in [5, 5.41) is 0.173.